The molecular formula is C15H15FN2O3S. The molecule has 0 saturated heterocycles. The molecule has 0 amide bonds. The molecule has 116 valence electrons. The molecule has 4 rings (SSSR count). The molecule has 0 unspecified atom stereocenters. The van der Waals surface area contributed by atoms with Crippen LogP contribution in [0.2, 0.25) is 0 Å². The average Bonchev–Trinajstić information content (AvgIpc) is 3.29. The first-order chi connectivity index (χ1) is 10.6. The summed E-state index contributed by atoms with van der Waals surface area (Å²) in [7, 11) is -3.21. The number of sulfonamides is 1. The van der Waals surface area contributed by atoms with Crippen LogP contribution >= 0.6 is 0 Å². The molecule has 0 bridgehead atoms. The summed E-state index contributed by atoms with van der Waals surface area (Å²) in [5, 5.41) is 3.82. The summed E-state index contributed by atoms with van der Waals surface area (Å²) in [6, 6.07) is 5.94. The lowest BCUT2D eigenvalue weighted by Crippen LogP contribution is -2.37. The molecule has 2 aliphatic rings. The van der Waals surface area contributed by atoms with Gasteiger partial charge in [-0.05, 0) is 37.1 Å². The number of fused-ring (bicyclic) bond motifs is 1. The van der Waals surface area contributed by atoms with Crippen LogP contribution in [-0.4, -0.2) is 29.7 Å². The molecular weight excluding hydrogens is 307 g/mol. The maximum Gasteiger partial charge on any atom is 0.217 e. The smallest absolute Gasteiger partial charge is 0.217 e. The zero-order chi connectivity index (χ0) is 15.3. The van der Waals surface area contributed by atoms with Crippen molar-refractivity contribution < 1.29 is 17.3 Å². The zero-order valence-electron chi connectivity index (χ0n) is 11.8. The SMILES string of the molecule is O=S(=O)(C1CC1)N1CCc2noc(-c3ccc(F)cc3)c2C1. The van der Waals surface area contributed by atoms with Crippen LogP contribution in [0.5, 0.6) is 0 Å². The van der Waals surface area contributed by atoms with Crippen LogP contribution in [0, 0.1) is 5.82 Å². The third kappa shape index (κ3) is 2.24. The number of hydrogen-bond acceptors (Lipinski definition) is 4. The molecule has 0 spiro atoms. The molecule has 1 aliphatic carbocycles. The Morgan fingerprint density at radius 2 is 1.95 bits per heavy atom. The lowest BCUT2D eigenvalue weighted by molar-refractivity contribution is 0.385. The Morgan fingerprint density at radius 1 is 1.23 bits per heavy atom. The lowest BCUT2D eigenvalue weighted by Gasteiger charge is -2.25. The van der Waals surface area contributed by atoms with Crippen molar-refractivity contribution in [2.45, 2.75) is 31.1 Å². The highest BCUT2D eigenvalue weighted by Gasteiger charge is 2.42. The van der Waals surface area contributed by atoms with Crippen LogP contribution in [0.3, 0.4) is 0 Å². The first kappa shape index (κ1) is 13.9. The molecule has 1 aliphatic heterocycles. The van der Waals surface area contributed by atoms with E-state index in [1.807, 2.05) is 0 Å². The van der Waals surface area contributed by atoms with Gasteiger partial charge in [-0.3, -0.25) is 0 Å². The van der Waals surface area contributed by atoms with Gasteiger partial charge >= 0.3 is 0 Å². The first-order valence-electron chi connectivity index (χ1n) is 7.28. The van der Waals surface area contributed by atoms with E-state index < -0.39 is 10.0 Å². The van der Waals surface area contributed by atoms with Crippen LogP contribution in [-0.2, 0) is 23.0 Å². The maximum atomic E-state index is 13.0. The molecule has 2 aromatic rings. The van der Waals surface area contributed by atoms with E-state index in [2.05, 4.69) is 5.16 Å². The van der Waals surface area contributed by atoms with Crippen LogP contribution in [0.1, 0.15) is 24.1 Å². The fraction of sp³-hybridized carbons (Fsp3) is 0.400. The average molecular weight is 322 g/mol. The van der Waals surface area contributed by atoms with E-state index in [0.717, 1.165) is 24.1 Å². The standard InChI is InChI=1S/C15H15FN2O3S/c16-11-3-1-10(2-4-11)15-13-9-18(8-7-14(13)17-21-15)22(19,20)12-5-6-12/h1-4,12H,5-9H2. The predicted octanol–water partition coefficient (Wildman–Crippen LogP) is 2.33. The van der Waals surface area contributed by atoms with E-state index >= 15 is 0 Å². The van der Waals surface area contributed by atoms with E-state index in [9.17, 15) is 12.8 Å². The van der Waals surface area contributed by atoms with Crippen molar-refractivity contribution in [2.24, 2.45) is 0 Å². The van der Waals surface area contributed by atoms with Gasteiger partial charge in [0.2, 0.25) is 10.0 Å². The minimum absolute atomic E-state index is 0.219. The fourth-order valence-electron chi connectivity index (χ4n) is 2.81. The van der Waals surface area contributed by atoms with Gasteiger partial charge < -0.3 is 4.52 Å². The van der Waals surface area contributed by atoms with E-state index in [4.69, 9.17) is 4.52 Å². The molecule has 1 aromatic carbocycles. The highest BCUT2D eigenvalue weighted by atomic mass is 32.2. The number of aromatic nitrogens is 1. The number of benzene rings is 1. The van der Waals surface area contributed by atoms with Crippen molar-refractivity contribution in [2.75, 3.05) is 6.54 Å². The van der Waals surface area contributed by atoms with Gasteiger partial charge in [0.15, 0.2) is 5.76 Å². The van der Waals surface area contributed by atoms with Gasteiger partial charge in [-0.2, -0.15) is 4.31 Å². The first-order valence-corrected chi connectivity index (χ1v) is 8.78. The molecule has 7 heteroatoms. The third-order valence-corrected chi connectivity index (χ3v) is 6.56. The summed E-state index contributed by atoms with van der Waals surface area (Å²) in [4.78, 5) is 0. The van der Waals surface area contributed by atoms with Gasteiger partial charge in [-0.1, -0.05) is 5.16 Å². The van der Waals surface area contributed by atoms with Crippen molar-refractivity contribution in [1.29, 1.82) is 0 Å². The molecule has 5 nitrogen and oxygen atoms in total. The van der Waals surface area contributed by atoms with E-state index in [1.165, 1.54) is 16.4 Å². The fourth-order valence-corrected chi connectivity index (χ4v) is 4.62. The molecule has 22 heavy (non-hydrogen) atoms. The summed E-state index contributed by atoms with van der Waals surface area (Å²) < 4.78 is 44.8. The van der Waals surface area contributed by atoms with Gasteiger partial charge in [0.1, 0.15) is 5.82 Å². The van der Waals surface area contributed by atoms with Gasteiger partial charge in [0, 0.05) is 30.6 Å². The van der Waals surface area contributed by atoms with Crippen LogP contribution in [0.4, 0.5) is 4.39 Å². The number of halogens is 1. The monoisotopic (exact) mass is 322 g/mol. The minimum Gasteiger partial charge on any atom is -0.356 e. The molecule has 2 heterocycles. The Kier molecular flexibility index (Phi) is 3.09. The molecule has 1 saturated carbocycles. The molecule has 1 fully saturated rings. The summed E-state index contributed by atoms with van der Waals surface area (Å²) in [6.45, 7) is 0.728. The summed E-state index contributed by atoms with van der Waals surface area (Å²) in [5.41, 5.74) is 2.30. The van der Waals surface area contributed by atoms with Crippen molar-refractivity contribution in [3.8, 4) is 11.3 Å². The summed E-state index contributed by atoms with van der Waals surface area (Å²) in [6.07, 6.45) is 2.05. The van der Waals surface area contributed by atoms with Crippen LogP contribution in [0.15, 0.2) is 28.8 Å². The Hall–Kier alpha value is -1.73. The number of hydrogen-bond donors (Lipinski definition) is 0. The van der Waals surface area contributed by atoms with Gasteiger partial charge in [-0.25, -0.2) is 12.8 Å². The molecule has 1 aromatic heterocycles. The Balaban J connectivity index is 1.69. The van der Waals surface area contributed by atoms with Crippen molar-refractivity contribution in [3.05, 3.63) is 41.3 Å². The van der Waals surface area contributed by atoms with E-state index in [1.54, 1.807) is 12.1 Å². The molecule has 0 radical (unpaired) electrons. The van der Waals surface area contributed by atoms with E-state index in [-0.39, 0.29) is 17.6 Å². The van der Waals surface area contributed by atoms with Gasteiger partial charge in [0.25, 0.3) is 0 Å². The normalized spacial score (nSPS) is 19.1. The quantitative estimate of drug-likeness (QED) is 0.870. The van der Waals surface area contributed by atoms with Gasteiger partial charge in [-0.15, -0.1) is 0 Å². The Bertz CT molecular complexity index is 810. The highest BCUT2D eigenvalue weighted by molar-refractivity contribution is 7.90. The second kappa shape index (κ2) is 4.89. The lowest BCUT2D eigenvalue weighted by atomic mass is 10.0. The third-order valence-electron chi connectivity index (χ3n) is 4.21. The van der Waals surface area contributed by atoms with Crippen molar-refractivity contribution in [3.63, 3.8) is 0 Å². The van der Waals surface area contributed by atoms with E-state index in [0.29, 0.717) is 24.3 Å². The Morgan fingerprint density at radius 3 is 2.64 bits per heavy atom. The Labute approximate surface area is 127 Å². The summed E-state index contributed by atoms with van der Waals surface area (Å²) >= 11 is 0. The van der Waals surface area contributed by atoms with Crippen molar-refractivity contribution in [1.82, 2.24) is 9.46 Å². The molecule has 0 atom stereocenters. The number of nitrogens with zero attached hydrogens (tertiary/aromatic N) is 2. The topological polar surface area (TPSA) is 63.4 Å². The number of rotatable bonds is 3. The maximum absolute atomic E-state index is 13.0. The second-order valence-electron chi connectivity index (χ2n) is 5.77. The zero-order valence-corrected chi connectivity index (χ0v) is 12.6. The van der Waals surface area contributed by atoms with Gasteiger partial charge in [0.05, 0.1) is 10.9 Å². The van der Waals surface area contributed by atoms with Crippen molar-refractivity contribution >= 4 is 10.0 Å². The summed E-state index contributed by atoms with van der Waals surface area (Å²) in [5.74, 6) is 0.209. The van der Waals surface area contributed by atoms with Crippen LogP contribution in [0.25, 0.3) is 11.3 Å². The van der Waals surface area contributed by atoms with Crippen LogP contribution < -0.4 is 0 Å². The second-order valence-corrected chi connectivity index (χ2v) is 7.98. The largest absolute Gasteiger partial charge is 0.356 e. The predicted molar refractivity (Wildman–Crippen MR) is 78.0 cm³/mol. The molecule has 0 N–H and O–H groups in total. The highest BCUT2D eigenvalue weighted by Crippen LogP contribution is 2.36. The minimum atomic E-state index is -3.21.